The smallest absolute Gasteiger partial charge is 0.00760 e. The minimum atomic E-state index is 0.866. The molecule has 3 rings (SSSR count). The van der Waals surface area contributed by atoms with E-state index < -0.39 is 0 Å². The molecule has 0 amide bonds. The topological polar surface area (TPSA) is 12.0 Å². The van der Waals surface area contributed by atoms with Crippen molar-refractivity contribution in [1.29, 1.82) is 0 Å². The maximum absolute atomic E-state index is 3.54. The van der Waals surface area contributed by atoms with Gasteiger partial charge in [0.15, 0.2) is 0 Å². The van der Waals surface area contributed by atoms with Gasteiger partial charge in [0.2, 0.25) is 0 Å². The van der Waals surface area contributed by atoms with Gasteiger partial charge in [0, 0.05) is 12.6 Å². The molecular formula is C7H11N. The zero-order valence-electron chi connectivity index (χ0n) is 4.98. The Labute approximate surface area is 49.5 Å². The molecular weight excluding hydrogens is 98.1 g/mol. The van der Waals surface area contributed by atoms with Crippen LogP contribution in [0.4, 0.5) is 0 Å². The Bertz CT molecular complexity index is 141. The van der Waals surface area contributed by atoms with E-state index in [0.717, 1.165) is 17.4 Å². The van der Waals surface area contributed by atoms with Gasteiger partial charge in [0.1, 0.15) is 0 Å². The fourth-order valence-electron chi connectivity index (χ4n) is 2.72. The highest BCUT2D eigenvalue weighted by Gasteiger charge is 2.63. The molecule has 1 heteroatoms. The molecule has 1 N–H and O–H groups in total. The molecule has 2 aliphatic carbocycles. The summed E-state index contributed by atoms with van der Waals surface area (Å²) in [4.78, 5) is 0. The van der Waals surface area contributed by atoms with E-state index in [1.54, 1.807) is 6.42 Å². The lowest BCUT2D eigenvalue weighted by atomic mass is 10.1. The van der Waals surface area contributed by atoms with Gasteiger partial charge in [-0.3, -0.25) is 0 Å². The summed E-state index contributed by atoms with van der Waals surface area (Å²) in [5, 5.41) is 3.54. The normalized spacial score (nSPS) is 66.0. The second-order valence-corrected chi connectivity index (χ2v) is 3.78. The Morgan fingerprint density at radius 2 is 2.38 bits per heavy atom. The van der Waals surface area contributed by atoms with Gasteiger partial charge < -0.3 is 5.32 Å². The van der Waals surface area contributed by atoms with E-state index in [1.807, 2.05) is 0 Å². The van der Waals surface area contributed by atoms with Gasteiger partial charge in [-0.25, -0.2) is 0 Å². The van der Waals surface area contributed by atoms with E-state index in [9.17, 15) is 0 Å². The molecule has 1 spiro atoms. The number of fused-ring (bicyclic) bond motifs is 1. The van der Waals surface area contributed by atoms with Crippen LogP contribution >= 0.6 is 0 Å². The van der Waals surface area contributed by atoms with Crippen molar-refractivity contribution in [3.8, 4) is 0 Å². The molecule has 3 unspecified atom stereocenters. The summed E-state index contributed by atoms with van der Waals surface area (Å²) in [6.07, 6.45) is 4.56. The van der Waals surface area contributed by atoms with Crippen molar-refractivity contribution < 1.29 is 0 Å². The molecule has 3 aliphatic rings. The second kappa shape index (κ2) is 0.860. The van der Waals surface area contributed by atoms with Crippen molar-refractivity contribution in [3.05, 3.63) is 0 Å². The summed E-state index contributed by atoms with van der Waals surface area (Å²) in [6.45, 7) is 1.35. The van der Waals surface area contributed by atoms with Crippen molar-refractivity contribution in [2.24, 2.45) is 11.3 Å². The molecule has 0 aromatic heterocycles. The molecule has 2 bridgehead atoms. The largest absolute Gasteiger partial charge is 0.313 e. The maximum atomic E-state index is 3.54. The highest BCUT2D eigenvalue weighted by molar-refractivity contribution is 5.16. The van der Waals surface area contributed by atoms with E-state index in [1.165, 1.54) is 19.4 Å². The van der Waals surface area contributed by atoms with Gasteiger partial charge in [-0.15, -0.1) is 0 Å². The average molecular weight is 109 g/mol. The predicted octanol–water partition coefficient (Wildman–Crippen LogP) is 0.758. The molecule has 3 atom stereocenters. The zero-order valence-corrected chi connectivity index (χ0v) is 4.98. The molecule has 8 heavy (non-hydrogen) atoms. The Kier molecular flexibility index (Phi) is 0.418. The first kappa shape index (κ1) is 3.89. The van der Waals surface area contributed by atoms with Crippen LogP contribution in [0.15, 0.2) is 0 Å². The third kappa shape index (κ3) is 0.255. The van der Waals surface area contributed by atoms with E-state index in [2.05, 4.69) is 5.32 Å². The van der Waals surface area contributed by atoms with Gasteiger partial charge >= 0.3 is 0 Å². The van der Waals surface area contributed by atoms with E-state index in [-0.39, 0.29) is 0 Å². The minimum absolute atomic E-state index is 0.866. The molecule has 2 saturated carbocycles. The van der Waals surface area contributed by atoms with Gasteiger partial charge in [0.25, 0.3) is 0 Å². The number of rotatable bonds is 0. The Hall–Kier alpha value is -0.0400. The number of hydrogen-bond acceptors (Lipinski definition) is 1. The Morgan fingerprint density at radius 3 is 2.75 bits per heavy atom. The van der Waals surface area contributed by atoms with Crippen LogP contribution in [0.1, 0.15) is 19.3 Å². The van der Waals surface area contributed by atoms with Crippen LogP contribution in [0, 0.1) is 11.3 Å². The van der Waals surface area contributed by atoms with E-state index >= 15 is 0 Å². The lowest BCUT2D eigenvalue weighted by Gasteiger charge is -2.07. The van der Waals surface area contributed by atoms with Crippen LogP contribution < -0.4 is 5.32 Å². The highest BCUT2D eigenvalue weighted by atomic mass is 15.0. The Balaban J connectivity index is 2.07. The van der Waals surface area contributed by atoms with Crippen LogP contribution in [0.25, 0.3) is 0 Å². The maximum Gasteiger partial charge on any atom is 0.00760 e. The SMILES string of the molecule is C1C2CC3(CN2)CC13. The second-order valence-electron chi connectivity index (χ2n) is 3.78. The van der Waals surface area contributed by atoms with Crippen molar-refractivity contribution in [2.75, 3.05) is 6.54 Å². The van der Waals surface area contributed by atoms with Crippen LogP contribution in [0.3, 0.4) is 0 Å². The zero-order chi connectivity index (χ0) is 5.19. The van der Waals surface area contributed by atoms with E-state index in [4.69, 9.17) is 0 Å². The number of hydrogen-bond donors (Lipinski definition) is 1. The van der Waals surface area contributed by atoms with Crippen molar-refractivity contribution in [2.45, 2.75) is 25.3 Å². The first-order valence-electron chi connectivity index (χ1n) is 3.62. The molecule has 44 valence electrons. The van der Waals surface area contributed by atoms with Crippen LogP contribution in [-0.2, 0) is 0 Å². The number of piperidine rings is 1. The van der Waals surface area contributed by atoms with Gasteiger partial charge in [-0.2, -0.15) is 0 Å². The lowest BCUT2D eigenvalue weighted by molar-refractivity contribution is 0.491. The monoisotopic (exact) mass is 109 g/mol. The fourth-order valence-corrected chi connectivity index (χ4v) is 2.72. The fraction of sp³-hybridized carbons (Fsp3) is 1.00. The van der Waals surface area contributed by atoms with Gasteiger partial charge in [-0.05, 0) is 30.6 Å². The van der Waals surface area contributed by atoms with Crippen molar-refractivity contribution in [1.82, 2.24) is 5.32 Å². The van der Waals surface area contributed by atoms with Crippen LogP contribution in [0.5, 0.6) is 0 Å². The summed E-state index contributed by atoms with van der Waals surface area (Å²) in [5.74, 6) is 1.16. The van der Waals surface area contributed by atoms with Crippen LogP contribution in [0.2, 0.25) is 0 Å². The first-order valence-corrected chi connectivity index (χ1v) is 3.62. The first-order chi connectivity index (χ1) is 3.89. The van der Waals surface area contributed by atoms with Crippen molar-refractivity contribution >= 4 is 0 Å². The molecule has 1 heterocycles. The predicted molar refractivity (Wildman–Crippen MR) is 31.6 cm³/mol. The molecule has 0 aromatic carbocycles. The van der Waals surface area contributed by atoms with Gasteiger partial charge in [0.05, 0.1) is 0 Å². The lowest BCUT2D eigenvalue weighted by Crippen LogP contribution is -2.24. The van der Waals surface area contributed by atoms with Crippen LogP contribution in [-0.4, -0.2) is 12.6 Å². The molecule has 3 fully saturated rings. The third-order valence-electron chi connectivity index (χ3n) is 3.32. The summed E-state index contributed by atoms with van der Waals surface area (Å²) in [7, 11) is 0. The quantitative estimate of drug-likeness (QED) is 0.484. The van der Waals surface area contributed by atoms with E-state index in [0.29, 0.717) is 0 Å². The summed E-state index contributed by atoms with van der Waals surface area (Å²) in [5.41, 5.74) is 0.866. The molecule has 1 aliphatic heterocycles. The third-order valence-corrected chi connectivity index (χ3v) is 3.32. The standard InChI is InChI=1S/C7H11N/c1-5-2-7(5)3-6(1)8-4-7/h5-6,8H,1-4H2. The molecule has 0 radical (unpaired) electrons. The Morgan fingerprint density at radius 1 is 1.38 bits per heavy atom. The molecule has 0 aromatic rings. The summed E-state index contributed by atoms with van der Waals surface area (Å²) in [6, 6.07) is 0.939. The van der Waals surface area contributed by atoms with Crippen molar-refractivity contribution in [3.63, 3.8) is 0 Å². The summed E-state index contributed by atoms with van der Waals surface area (Å²) >= 11 is 0. The minimum Gasteiger partial charge on any atom is -0.313 e. The van der Waals surface area contributed by atoms with Gasteiger partial charge in [-0.1, -0.05) is 0 Å². The summed E-state index contributed by atoms with van der Waals surface area (Å²) < 4.78 is 0. The average Bonchev–Trinajstić information content (AvgIpc) is 2.13. The number of nitrogens with one attached hydrogen (secondary N) is 1. The molecule has 1 saturated heterocycles. The molecule has 1 nitrogen and oxygen atoms in total. The highest BCUT2D eigenvalue weighted by Crippen LogP contribution is 2.65.